The van der Waals surface area contributed by atoms with Crippen molar-refractivity contribution in [1.29, 1.82) is 0 Å². The van der Waals surface area contributed by atoms with E-state index < -0.39 is 15.8 Å². The normalized spacial score (nSPS) is 11.5. The fourth-order valence-corrected chi connectivity index (χ4v) is 3.75. The molecule has 2 N–H and O–H groups in total. The van der Waals surface area contributed by atoms with Gasteiger partial charge in [0.15, 0.2) is 5.82 Å². The third-order valence-electron chi connectivity index (χ3n) is 3.71. The summed E-state index contributed by atoms with van der Waals surface area (Å²) in [5.41, 5.74) is 2.42. The number of hydrogen-bond donors (Lipinski definition) is 2. The second-order valence-corrected chi connectivity index (χ2v) is 7.94. The molecule has 0 atom stereocenters. The molecule has 0 saturated carbocycles. The summed E-state index contributed by atoms with van der Waals surface area (Å²) in [7, 11) is -3.84. The van der Waals surface area contributed by atoms with Crippen molar-refractivity contribution in [2.24, 2.45) is 0 Å². The van der Waals surface area contributed by atoms with Crippen molar-refractivity contribution >= 4 is 31.8 Å². The molecule has 0 unspecified atom stereocenters. The fraction of sp³-hybridized carbons (Fsp3) is 0.118. The van der Waals surface area contributed by atoms with E-state index in [-0.39, 0.29) is 10.7 Å². The summed E-state index contributed by atoms with van der Waals surface area (Å²) in [5, 5.41) is 7.00. The average molecular weight is 424 g/mol. The summed E-state index contributed by atoms with van der Waals surface area (Å²) in [6.45, 7) is 1.92. The molecule has 2 aromatic carbocycles. The second-order valence-electron chi connectivity index (χ2n) is 5.35. The van der Waals surface area contributed by atoms with Crippen molar-refractivity contribution in [3.63, 3.8) is 0 Å². The third kappa shape index (κ3) is 3.74. The van der Waals surface area contributed by atoms with Gasteiger partial charge in [-0.1, -0.05) is 35.0 Å². The molecule has 5 nitrogen and oxygen atoms in total. The molecule has 1 aromatic heterocycles. The number of rotatable bonds is 5. The number of nitrogens with one attached hydrogen (secondary N) is 2. The minimum absolute atomic E-state index is 0.0239. The zero-order valence-corrected chi connectivity index (χ0v) is 15.7. The lowest BCUT2D eigenvalue weighted by Gasteiger charge is -2.08. The van der Waals surface area contributed by atoms with Crippen molar-refractivity contribution in [2.45, 2.75) is 18.2 Å². The maximum atomic E-state index is 13.0. The quantitative estimate of drug-likeness (QED) is 0.640. The highest BCUT2D eigenvalue weighted by Crippen LogP contribution is 2.29. The lowest BCUT2D eigenvalue weighted by Crippen LogP contribution is -2.14. The van der Waals surface area contributed by atoms with Crippen LogP contribution in [0.1, 0.15) is 12.5 Å². The van der Waals surface area contributed by atoms with Crippen LogP contribution in [0.15, 0.2) is 57.9 Å². The van der Waals surface area contributed by atoms with E-state index in [1.54, 1.807) is 0 Å². The topological polar surface area (TPSA) is 74.8 Å². The van der Waals surface area contributed by atoms with E-state index in [1.807, 2.05) is 31.2 Å². The Morgan fingerprint density at radius 2 is 1.76 bits per heavy atom. The van der Waals surface area contributed by atoms with E-state index in [2.05, 4.69) is 30.8 Å². The van der Waals surface area contributed by atoms with Crippen molar-refractivity contribution in [2.75, 3.05) is 4.72 Å². The van der Waals surface area contributed by atoms with Crippen LogP contribution in [0.2, 0.25) is 0 Å². The maximum Gasteiger partial charge on any atom is 0.263 e. The summed E-state index contributed by atoms with van der Waals surface area (Å²) < 4.78 is 41.4. The van der Waals surface area contributed by atoms with E-state index >= 15 is 0 Å². The minimum Gasteiger partial charge on any atom is -0.275 e. The lowest BCUT2D eigenvalue weighted by atomic mass is 10.1. The van der Waals surface area contributed by atoms with Gasteiger partial charge >= 0.3 is 0 Å². The summed E-state index contributed by atoms with van der Waals surface area (Å²) in [6.07, 6.45) is 0.586. The van der Waals surface area contributed by atoms with Gasteiger partial charge in [0, 0.05) is 10.0 Å². The Bertz CT molecular complexity index is 984. The first-order valence-electron chi connectivity index (χ1n) is 7.52. The van der Waals surface area contributed by atoms with Crippen molar-refractivity contribution in [3.8, 4) is 11.3 Å². The number of hydrogen-bond acceptors (Lipinski definition) is 3. The molecule has 130 valence electrons. The van der Waals surface area contributed by atoms with Gasteiger partial charge in [-0.3, -0.25) is 9.82 Å². The molecular formula is C17H15BrFN3O2S. The number of nitrogens with zero attached hydrogens (tertiary/aromatic N) is 1. The monoisotopic (exact) mass is 423 g/mol. The molecule has 0 fully saturated rings. The molecule has 0 bridgehead atoms. The number of anilines is 1. The molecule has 3 rings (SSSR count). The fourth-order valence-electron chi connectivity index (χ4n) is 2.45. The Balaban J connectivity index is 1.95. The van der Waals surface area contributed by atoms with Crippen LogP contribution >= 0.6 is 15.9 Å². The summed E-state index contributed by atoms with van der Waals surface area (Å²) in [4.78, 5) is -0.0239. The molecule has 0 amide bonds. The largest absolute Gasteiger partial charge is 0.275 e. The molecule has 3 aromatic rings. The highest BCUT2D eigenvalue weighted by atomic mass is 79.9. The van der Waals surface area contributed by atoms with E-state index in [0.717, 1.165) is 33.4 Å². The molecule has 0 saturated heterocycles. The minimum atomic E-state index is -3.84. The zero-order chi connectivity index (χ0) is 18.0. The maximum absolute atomic E-state index is 13.0. The number of aromatic amines is 1. The van der Waals surface area contributed by atoms with Gasteiger partial charge in [0.05, 0.1) is 10.6 Å². The Labute approximate surface area is 153 Å². The number of aromatic nitrogens is 2. The van der Waals surface area contributed by atoms with Crippen LogP contribution in [0, 0.1) is 5.82 Å². The standard InChI is InChI=1S/C17H15BrFN3O2S/c1-2-15-16(11-3-5-12(18)6-4-11)20-21-17(15)22-25(23,24)14-9-7-13(19)8-10-14/h3-10H,2H2,1H3,(H2,20,21,22). The summed E-state index contributed by atoms with van der Waals surface area (Å²) in [6, 6.07) is 12.3. The molecular weight excluding hydrogens is 409 g/mol. The van der Waals surface area contributed by atoms with Crippen LogP contribution in [0.25, 0.3) is 11.3 Å². The number of sulfonamides is 1. The molecule has 0 aliphatic heterocycles. The summed E-state index contributed by atoms with van der Waals surface area (Å²) in [5.74, 6) is -0.254. The van der Waals surface area contributed by atoms with Crippen molar-refractivity contribution in [3.05, 3.63) is 64.4 Å². The SMILES string of the molecule is CCc1c(NS(=O)(=O)c2ccc(F)cc2)n[nH]c1-c1ccc(Br)cc1. The summed E-state index contributed by atoms with van der Waals surface area (Å²) >= 11 is 3.39. The predicted octanol–water partition coefficient (Wildman–Crippen LogP) is 4.34. The Hall–Kier alpha value is -2.19. The Morgan fingerprint density at radius 1 is 1.12 bits per heavy atom. The first-order valence-corrected chi connectivity index (χ1v) is 9.80. The highest BCUT2D eigenvalue weighted by molar-refractivity contribution is 9.10. The lowest BCUT2D eigenvalue weighted by molar-refractivity contribution is 0.599. The first kappa shape index (κ1) is 17.6. The zero-order valence-electron chi connectivity index (χ0n) is 13.3. The van der Waals surface area contributed by atoms with Gasteiger partial charge in [0.1, 0.15) is 5.82 Å². The Morgan fingerprint density at radius 3 is 2.36 bits per heavy atom. The van der Waals surface area contributed by atoms with Gasteiger partial charge in [-0.2, -0.15) is 5.10 Å². The molecule has 0 radical (unpaired) electrons. The molecule has 0 aliphatic rings. The van der Waals surface area contributed by atoms with Gasteiger partial charge in [-0.25, -0.2) is 12.8 Å². The number of H-pyrrole nitrogens is 1. The smallest absolute Gasteiger partial charge is 0.263 e. The van der Waals surface area contributed by atoms with Gasteiger partial charge in [-0.15, -0.1) is 0 Å². The van der Waals surface area contributed by atoms with Gasteiger partial charge in [-0.05, 0) is 48.4 Å². The van der Waals surface area contributed by atoms with Gasteiger partial charge < -0.3 is 0 Å². The van der Waals surface area contributed by atoms with Crippen molar-refractivity contribution in [1.82, 2.24) is 10.2 Å². The third-order valence-corrected chi connectivity index (χ3v) is 5.59. The molecule has 25 heavy (non-hydrogen) atoms. The Kier molecular flexibility index (Phi) is 4.91. The van der Waals surface area contributed by atoms with Crippen LogP contribution in [0.3, 0.4) is 0 Å². The molecule has 1 heterocycles. The van der Waals surface area contributed by atoms with E-state index in [1.165, 1.54) is 12.1 Å². The van der Waals surface area contributed by atoms with Gasteiger partial charge in [0.2, 0.25) is 0 Å². The number of benzene rings is 2. The van der Waals surface area contributed by atoms with E-state index in [0.29, 0.717) is 6.42 Å². The van der Waals surface area contributed by atoms with Gasteiger partial charge in [0.25, 0.3) is 10.0 Å². The predicted molar refractivity (Wildman–Crippen MR) is 98.3 cm³/mol. The number of halogens is 2. The van der Waals surface area contributed by atoms with Crippen LogP contribution in [-0.4, -0.2) is 18.6 Å². The van der Waals surface area contributed by atoms with E-state index in [4.69, 9.17) is 0 Å². The second kappa shape index (κ2) is 6.97. The molecule has 0 spiro atoms. The van der Waals surface area contributed by atoms with Crippen LogP contribution in [0.5, 0.6) is 0 Å². The van der Waals surface area contributed by atoms with Crippen molar-refractivity contribution < 1.29 is 12.8 Å². The van der Waals surface area contributed by atoms with Crippen LogP contribution in [0.4, 0.5) is 10.2 Å². The van der Waals surface area contributed by atoms with E-state index in [9.17, 15) is 12.8 Å². The molecule has 0 aliphatic carbocycles. The average Bonchev–Trinajstić information content (AvgIpc) is 2.98. The first-order chi connectivity index (χ1) is 11.9. The molecule has 8 heteroatoms. The van der Waals surface area contributed by atoms with Crippen LogP contribution in [-0.2, 0) is 16.4 Å². The van der Waals surface area contributed by atoms with Crippen LogP contribution < -0.4 is 4.72 Å². The highest BCUT2D eigenvalue weighted by Gasteiger charge is 2.20.